The van der Waals surface area contributed by atoms with E-state index in [1.807, 2.05) is 20.8 Å². The average Bonchev–Trinajstić information content (AvgIpc) is 2.33. The molecule has 20 heavy (non-hydrogen) atoms. The van der Waals surface area contributed by atoms with Gasteiger partial charge in [0.15, 0.2) is 0 Å². The number of rotatable bonds is 5. The number of carbonyl (C=O) groups excluding carboxylic acids is 2. The lowest BCUT2D eigenvalue weighted by Gasteiger charge is -2.29. The van der Waals surface area contributed by atoms with Crippen molar-refractivity contribution in [1.82, 2.24) is 10.6 Å². The van der Waals surface area contributed by atoms with Gasteiger partial charge in [-0.1, -0.05) is 20.8 Å². The molecule has 1 rings (SSSR count). The zero-order valence-electron chi connectivity index (χ0n) is 12.7. The van der Waals surface area contributed by atoms with Crippen molar-refractivity contribution < 1.29 is 9.59 Å². The van der Waals surface area contributed by atoms with Crippen molar-refractivity contribution in [2.24, 2.45) is 17.1 Å². The number of halogens is 1. The fraction of sp³-hybridized carbons (Fsp3) is 0.857. The Labute approximate surface area is 127 Å². The lowest BCUT2D eigenvalue weighted by molar-refractivity contribution is -0.129. The number of amides is 2. The molecule has 1 aliphatic rings. The first-order valence-electron chi connectivity index (χ1n) is 7.10. The average molecular weight is 306 g/mol. The highest BCUT2D eigenvalue weighted by molar-refractivity contribution is 5.87. The maximum atomic E-state index is 11.9. The van der Waals surface area contributed by atoms with E-state index in [0.717, 1.165) is 32.4 Å². The van der Waals surface area contributed by atoms with Crippen LogP contribution < -0.4 is 16.4 Å². The Morgan fingerprint density at radius 3 is 2.30 bits per heavy atom. The number of hydrogen-bond acceptors (Lipinski definition) is 3. The zero-order chi connectivity index (χ0) is 14.5. The quantitative estimate of drug-likeness (QED) is 0.713. The molecule has 1 saturated heterocycles. The van der Waals surface area contributed by atoms with Gasteiger partial charge >= 0.3 is 0 Å². The number of nitrogens with one attached hydrogen (secondary N) is 2. The van der Waals surface area contributed by atoms with Crippen molar-refractivity contribution in [2.75, 3.05) is 13.1 Å². The third kappa shape index (κ3) is 6.57. The van der Waals surface area contributed by atoms with Gasteiger partial charge in [-0.05, 0) is 43.7 Å². The number of piperidine rings is 1. The van der Waals surface area contributed by atoms with E-state index in [0.29, 0.717) is 12.3 Å². The van der Waals surface area contributed by atoms with E-state index in [2.05, 4.69) is 10.6 Å². The molecule has 1 fully saturated rings. The largest absolute Gasteiger partial charge is 0.368 e. The van der Waals surface area contributed by atoms with Crippen molar-refractivity contribution >= 4 is 24.2 Å². The zero-order valence-corrected chi connectivity index (χ0v) is 13.5. The number of primary amides is 1. The van der Waals surface area contributed by atoms with Gasteiger partial charge in [0.2, 0.25) is 11.8 Å². The Hall–Kier alpha value is -0.810. The maximum absolute atomic E-state index is 11.9. The Bertz CT molecular complexity index is 323. The van der Waals surface area contributed by atoms with Gasteiger partial charge in [-0.2, -0.15) is 0 Å². The molecule has 118 valence electrons. The lowest BCUT2D eigenvalue weighted by Crippen LogP contribution is -2.52. The molecule has 2 amide bonds. The third-order valence-corrected chi connectivity index (χ3v) is 3.69. The van der Waals surface area contributed by atoms with Crippen molar-refractivity contribution in [3.8, 4) is 0 Å². The van der Waals surface area contributed by atoms with Crippen LogP contribution in [0.2, 0.25) is 0 Å². The maximum Gasteiger partial charge on any atom is 0.240 e. The van der Waals surface area contributed by atoms with Gasteiger partial charge in [0.1, 0.15) is 6.04 Å². The molecule has 0 unspecified atom stereocenters. The van der Waals surface area contributed by atoms with Gasteiger partial charge in [-0.3, -0.25) is 9.59 Å². The molecule has 0 radical (unpaired) electrons. The fourth-order valence-corrected chi connectivity index (χ4v) is 2.45. The summed E-state index contributed by atoms with van der Waals surface area (Å²) in [6.45, 7) is 7.77. The van der Waals surface area contributed by atoms with Gasteiger partial charge in [-0.25, -0.2) is 0 Å². The summed E-state index contributed by atoms with van der Waals surface area (Å²) in [6, 6.07) is -0.604. The molecule has 0 aliphatic carbocycles. The molecule has 0 spiro atoms. The molecule has 0 aromatic rings. The topological polar surface area (TPSA) is 84.2 Å². The van der Waals surface area contributed by atoms with Crippen LogP contribution in [-0.2, 0) is 9.59 Å². The molecule has 6 heteroatoms. The molecule has 0 bridgehead atoms. The lowest BCUT2D eigenvalue weighted by atomic mass is 9.86. The fourth-order valence-electron chi connectivity index (χ4n) is 2.45. The van der Waals surface area contributed by atoms with Crippen LogP contribution in [0.3, 0.4) is 0 Å². The highest BCUT2D eigenvalue weighted by atomic mass is 35.5. The van der Waals surface area contributed by atoms with Crippen LogP contribution in [0, 0.1) is 11.3 Å². The van der Waals surface area contributed by atoms with Crippen LogP contribution >= 0.6 is 12.4 Å². The SMILES string of the molecule is CC(C)(C)[C@H](NC(=O)CCC1CCNCC1)C(N)=O.Cl. The predicted octanol–water partition coefficient (Wildman–Crippen LogP) is 1.20. The van der Waals surface area contributed by atoms with Crippen molar-refractivity contribution in [2.45, 2.75) is 52.5 Å². The Morgan fingerprint density at radius 2 is 1.85 bits per heavy atom. The summed E-state index contributed by atoms with van der Waals surface area (Å²) >= 11 is 0. The standard InChI is InChI=1S/C14H27N3O2.ClH/c1-14(2,3)12(13(15)19)17-11(18)5-4-10-6-8-16-9-7-10;/h10,12,16H,4-9H2,1-3H3,(H2,15,19)(H,17,18);1H/t12-;/m1./s1. The van der Waals surface area contributed by atoms with Gasteiger partial charge in [0.05, 0.1) is 0 Å². The molecule has 5 nitrogen and oxygen atoms in total. The second-order valence-corrected chi connectivity index (χ2v) is 6.50. The van der Waals surface area contributed by atoms with E-state index < -0.39 is 11.9 Å². The molecule has 1 heterocycles. The molecule has 1 atom stereocenters. The first-order chi connectivity index (χ1) is 8.80. The Kier molecular flexibility index (Phi) is 8.13. The first-order valence-corrected chi connectivity index (χ1v) is 7.10. The van der Waals surface area contributed by atoms with E-state index in [-0.39, 0.29) is 23.7 Å². The third-order valence-electron chi connectivity index (χ3n) is 3.69. The minimum atomic E-state index is -0.604. The molecular weight excluding hydrogens is 278 g/mol. The van der Waals surface area contributed by atoms with Crippen LogP contribution in [0.15, 0.2) is 0 Å². The highest BCUT2D eigenvalue weighted by Gasteiger charge is 2.31. The van der Waals surface area contributed by atoms with Gasteiger partial charge < -0.3 is 16.4 Å². The summed E-state index contributed by atoms with van der Waals surface area (Å²) < 4.78 is 0. The van der Waals surface area contributed by atoms with Crippen LogP contribution in [0.25, 0.3) is 0 Å². The molecule has 0 aromatic heterocycles. The molecule has 0 saturated carbocycles. The summed E-state index contributed by atoms with van der Waals surface area (Å²) in [5.74, 6) is 0.0774. The van der Waals surface area contributed by atoms with E-state index in [4.69, 9.17) is 5.73 Å². The summed E-state index contributed by atoms with van der Waals surface area (Å²) in [7, 11) is 0. The molecule has 1 aliphatic heterocycles. The minimum Gasteiger partial charge on any atom is -0.368 e. The van der Waals surface area contributed by atoms with Crippen LogP contribution in [0.1, 0.15) is 46.5 Å². The second-order valence-electron chi connectivity index (χ2n) is 6.50. The number of nitrogens with two attached hydrogens (primary N) is 1. The number of carbonyl (C=O) groups is 2. The van der Waals surface area contributed by atoms with Crippen LogP contribution in [0.4, 0.5) is 0 Å². The Morgan fingerprint density at radius 1 is 1.30 bits per heavy atom. The van der Waals surface area contributed by atoms with Crippen molar-refractivity contribution in [1.29, 1.82) is 0 Å². The summed E-state index contributed by atoms with van der Waals surface area (Å²) in [5, 5.41) is 6.07. The van der Waals surface area contributed by atoms with Crippen molar-refractivity contribution in [3.05, 3.63) is 0 Å². The van der Waals surface area contributed by atoms with E-state index in [1.54, 1.807) is 0 Å². The first kappa shape index (κ1) is 19.2. The van der Waals surface area contributed by atoms with Gasteiger partial charge in [0, 0.05) is 6.42 Å². The predicted molar refractivity (Wildman–Crippen MR) is 82.7 cm³/mol. The van der Waals surface area contributed by atoms with Gasteiger partial charge in [-0.15, -0.1) is 12.4 Å². The van der Waals surface area contributed by atoms with E-state index >= 15 is 0 Å². The molecular formula is C14H28ClN3O2. The van der Waals surface area contributed by atoms with Crippen molar-refractivity contribution in [3.63, 3.8) is 0 Å². The second kappa shape index (κ2) is 8.47. The summed E-state index contributed by atoms with van der Waals surface area (Å²) in [4.78, 5) is 23.3. The molecule has 0 aromatic carbocycles. The van der Waals surface area contributed by atoms with E-state index in [1.165, 1.54) is 0 Å². The highest BCUT2D eigenvalue weighted by Crippen LogP contribution is 2.20. The summed E-state index contributed by atoms with van der Waals surface area (Å²) in [5.41, 5.74) is 5.00. The summed E-state index contributed by atoms with van der Waals surface area (Å²) in [6.07, 6.45) is 3.63. The molecule has 4 N–H and O–H groups in total. The van der Waals surface area contributed by atoms with Crippen LogP contribution in [0.5, 0.6) is 0 Å². The smallest absolute Gasteiger partial charge is 0.240 e. The van der Waals surface area contributed by atoms with Crippen LogP contribution in [-0.4, -0.2) is 30.9 Å². The number of hydrogen-bond donors (Lipinski definition) is 3. The minimum absolute atomic E-state index is 0. The van der Waals surface area contributed by atoms with E-state index in [9.17, 15) is 9.59 Å². The normalized spacial score (nSPS) is 17.9. The van der Waals surface area contributed by atoms with Gasteiger partial charge in [0.25, 0.3) is 0 Å². The Balaban J connectivity index is 0.00000361. The monoisotopic (exact) mass is 305 g/mol.